The fraction of sp³-hybridized carbons (Fsp3) is 0.462. The molecule has 0 saturated carbocycles. The Morgan fingerprint density at radius 1 is 0.889 bits per heavy atom. The van der Waals surface area contributed by atoms with Gasteiger partial charge in [-0.2, -0.15) is 0 Å². The second-order valence-corrected chi connectivity index (χ2v) is 5.85. The maximum atomic E-state index is 4.09. The van der Waals surface area contributed by atoms with Crippen molar-refractivity contribution in [3.63, 3.8) is 0 Å². The molecule has 2 rings (SSSR count). The van der Waals surface area contributed by atoms with Crippen molar-refractivity contribution in [1.29, 1.82) is 0 Å². The van der Waals surface area contributed by atoms with E-state index in [2.05, 4.69) is 76.0 Å². The predicted octanol–water partition coefficient (Wildman–Crippen LogP) is 6.27. The molecule has 0 radical (unpaired) electrons. The first-order valence-electron chi connectivity index (χ1n) is 10.8. The third-order valence-electron chi connectivity index (χ3n) is 4.38. The minimum Gasteiger partial charge on any atom is -0.309 e. The summed E-state index contributed by atoms with van der Waals surface area (Å²) in [5.41, 5.74) is 5.23. The Hall–Kier alpha value is -2.02. The molecule has 0 aliphatic rings. The SMILES string of the molecule is C=Cc1c(=C/CC)/c(=C\C)n2c(/C=C\CC)c(C)/c(=C/CC)c12.CC.CC. The fourth-order valence-electron chi connectivity index (χ4n) is 3.42. The van der Waals surface area contributed by atoms with E-state index >= 15 is 0 Å². The topological polar surface area (TPSA) is 4.41 Å². The van der Waals surface area contributed by atoms with Gasteiger partial charge in [-0.05, 0) is 44.7 Å². The van der Waals surface area contributed by atoms with Gasteiger partial charge in [0.05, 0.1) is 5.52 Å². The highest BCUT2D eigenvalue weighted by Crippen LogP contribution is 2.14. The normalized spacial score (nSPS) is 13.0. The lowest BCUT2D eigenvalue weighted by Gasteiger charge is -1.96. The summed E-state index contributed by atoms with van der Waals surface area (Å²) in [6, 6.07) is 0. The van der Waals surface area contributed by atoms with Gasteiger partial charge in [-0.3, -0.25) is 0 Å². The maximum Gasteiger partial charge on any atom is 0.0613 e. The van der Waals surface area contributed by atoms with E-state index in [4.69, 9.17) is 0 Å². The zero-order chi connectivity index (χ0) is 21.0. The lowest BCUT2D eigenvalue weighted by Crippen LogP contribution is -2.27. The molecule has 150 valence electrons. The van der Waals surface area contributed by atoms with Gasteiger partial charge in [-0.25, -0.2) is 0 Å². The number of nitrogens with zero attached hydrogens (tertiary/aromatic N) is 1. The van der Waals surface area contributed by atoms with Gasteiger partial charge in [0.25, 0.3) is 0 Å². The van der Waals surface area contributed by atoms with E-state index in [0.29, 0.717) is 0 Å². The second kappa shape index (κ2) is 13.2. The van der Waals surface area contributed by atoms with Crippen molar-refractivity contribution >= 4 is 35.9 Å². The lowest BCUT2D eigenvalue weighted by molar-refractivity contribution is 1.12. The average Bonchev–Trinajstić information content (AvgIpc) is 3.15. The monoisotopic (exact) mass is 367 g/mol. The predicted molar refractivity (Wildman–Crippen MR) is 128 cm³/mol. The molecule has 0 spiro atoms. The van der Waals surface area contributed by atoms with Crippen molar-refractivity contribution in [3.8, 4) is 0 Å². The van der Waals surface area contributed by atoms with Crippen LogP contribution >= 0.6 is 0 Å². The first kappa shape index (κ1) is 25.0. The molecule has 1 nitrogen and oxygen atoms in total. The molecule has 0 bridgehead atoms. The summed E-state index contributed by atoms with van der Waals surface area (Å²) >= 11 is 0. The van der Waals surface area contributed by atoms with Crippen molar-refractivity contribution < 1.29 is 0 Å². The molecule has 1 heteroatoms. The molecule has 0 amide bonds. The van der Waals surface area contributed by atoms with Gasteiger partial charge in [0.15, 0.2) is 0 Å². The van der Waals surface area contributed by atoms with Crippen LogP contribution in [0.3, 0.4) is 0 Å². The highest BCUT2D eigenvalue weighted by molar-refractivity contribution is 5.77. The molecule has 27 heavy (non-hydrogen) atoms. The van der Waals surface area contributed by atoms with Gasteiger partial charge in [0.2, 0.25) is 0 Å². The number of allylic oxidation sites excluding steroid dienone is 1. The number of hydrogen-bond acceptors (Lipinski definition) is 0. The van der Waals surface area contributed by atoms with Crippen molar-refractivity contribution in [1.82, 2.24) is 4.40 Å². The van der Waals surface area contributed by atoms with E-state index < -0.39 is 0 Å². The van der Waals surface area contributed by atoms with Gasteiger partial charge in [-0.15, -0.1) is 0 Å². The van der Waals surface area contributed by atoms with Crippen LogP contribution in [0.15, 0.2) is 12.7 Å². The van der Waals surface area contributed by atoms with Gasteiger partial charge < -0.3 is 4.40 Å². The molecular formula is C26H41N. The molecule has 0 aliphatic carbocycles. The fourth-order valence-corrected chi connectivity index (χ4v) is 3.42. The highest BCUT2D eigenvalue weighted by atomic mass is 14.9. The molecule has 2 aromatic heterocycles. The van der Waals surface area contributed by atoms with Crippen LogP contribution in [0.2, 0.25) is 0 Å². The van der Waals surface area contributed by atoms with Crippen LogP contribution in [0.4, 0.5) is 0 Å². The third kappa shape index (κ3) is 5.03. The molecule has 0 saturated heterocycles. The Morgan fingerprint density at radius 2 is 1.44 bits per heavy atom. The first-order valence-corrected chi connectivity index (χ1v) is 10.8. The quantitative estimate of drug-likeness (QED) is 0.587. The molecule has 0 aliphatic heterocycles. The average molecular weight is 368 g/mol. The van der Waals surface area contributed by atoms with E-state index in [1.165, 1.54) is 38.1 Å². The van der Waals surface area contributed by atoms with E-state index in [1.807, 2.05) is 33.8 Å². The molecule has 0 fully saturated rings. The van der Waals surface area contributed by atoms with Crippen LogP contribution in [0, 0.1) is 6.92 Å². The number of aromatic nitrogens is 1. The standard InChI is InChI=1S/C22H29N.2C2H6/c1-7-12-15-21-16(6)18(13-8-2)22-17(10-4)19(14-9-3)20(11-5)23(21)22;2*1-2/h10-15H,4,7-9H2,1-3,5-6H3;2*1-2H3/b15-12-,18-13-,19-14-,20-11+;;. The summed E-state index contributed by atoms with van der Waals surface area (Å²) in [5.74, 6) is 0. The molecular weight excluding hydrogens is 326 g/mol. The van der Waals surface area contributed by atoms with Gasteiger partial charge in [0, 0.05) is 27.0 Å². The molecule has 0 N–H and O–H groups in total. The summed E-state index contributed by atoms with van der Waals surface area (Å²) in [5, 5.41) is 3.96. The summed E-state index contributed by atoms with van der Waals surface area (Å²) in [6.45, 7) is 23.0. The Morgan fingerprint density at radius 3 is 1.89 bits per heavy atom. The molecule has 0 aromatic carbocycles. The van der Waals surface area contributed by atoms with Crippen molar-refractivity contribution in [2.45, 2.75) is 81.6 Å². The Kier molecular flexibility index (Phi) is 12.2. The number of hydrogen-bond donors (Lipinski definition) is 0. The molecule has 0 unspecified atom stereocenters. The lowest BCUT2D eigenvalue weighted by atomic mass is 10.1. The van der Waals surface area contributed by atoms with Crippen LogP contribution < -0.4 is 15.8 Å². The highest BCUT2D eigenvalue weighted by Gasteiger charge is 2.15. The smallest absolute Gasteiger partial charge is 0.0613 e. The largest absolute Gasteiger partial charge is 0.309 e. The van der Waals surface area contributed by atoms with Crippen LogP contribution in [0.25, 0.3) is 35.9 Å². The Bertz CT molecular complexity index is 904. The first-order chi connectivity index (χ1) is 13.2. The summed E-state index contributed by atoms with van der Waals surface area (Å²) in [6.07, 6.45) is 16.5. The van der Waals surface area contributed by atoms with Crippen LogP contribution in [0.5, 0.6) is 0 Å². The molecule has 2 heterocycles. The van der Waals surface area contributed by atoms with Crippen molar-refractivity contribution in [2.24, 2.45) is 0 Å². The zero-order valence-electron chi connectivity index (χ0n) is 19.2. The van der Waals surface area contributed by atoms with Gasteiger partial charge in [-0.1, -0.05) is 85.4 Å². The van der Waals surface area contributed by atoms with Crippen LogP contribution in [0.1, 0.15) is 91.5 Å². The van der Waals surface area contributed by atoms with Gasteiger partial charge >= 0.3 is 0 Å². The third-order valence-corrected chi connectivity index (χ3v) is 4.38. The minimum atomic E-state index is 1.03. The van der Waals surface area contributed by atoms with Gasteiger partial charge in [0.1, 0.15) is 0 Å². The summed E-state index contributed by atoms with van der Waals surface area (Å²) in [4.78, 5) is 0. The second-order valence-electron chi connectivity index (χ2n) is 5.85. The van der Waals surface area contributed by atoms with E-state index in [9.17, 15) is 0 Å². The Labute approximate surface area is 167 Å². The van der Waals surface area contributed by atoms with Crippen molar-refractivity contribution in [2.75, 3.05) is 0 Å². The van der Waals surface area contributed by atoms with E-state index in [1.54, 1.807) is 0 Å². The number of rotatable bonds is 5. The van der Waals surface area contributed by atoms with E-state index in [-0.39, 0.29) is 0 Å². The zero-order valence-corrected chi connectivity index (χ0v) is 19.2. The summed E-state index contributed by atoms with van der Waals surface area (Å²) < 4.78 is 2.42. The minimum absolute atomic E-state index is 1.03. The Balaban J connectivity index is 0.00000158. The maximum absolute atomic E-state index is 4.09. The molecule has 2 aromatic rings. The summed E-state index contributed by atoms with van der Waals surface area (Å²) in [7, 11) is 0. The molecule has 0 atom stereocenters. The van der Waals surface area contributed by atoms with Crippen molar-refractivity contribution in [3.05, 3.63) is 45.3 Å². The van der Waals surface area contributed by atoms with E-state index in [0.717, 1.165) is 19.3 Å². The van der Waals surface area contributed by atoms with Crippen LogP contribution in [-0.2, 0) is 0 Å². The van der Waals surface area contributed by atoms with Crippen LogP contribution in [-0.4, -0.2) is 4.40 Å². The number of fused-ring (bicyclic) bond motifs is 1.